The highest BCUT2D eigenvalue weighted by Gasteiger charge is 2.23. The predicted octanol–water partition coefficient (Wildman–Crippen LogP) is 4.29. The van der Waals surface area contributed by atoms with Crippen molar-refractivity contribution in [2.45, 2.75) is 17.9 Å². The summed E-state index contributed by atoms with van der Waals surface area (Å²) in [5.41, 5.74) is 0.618. The van der Waals surface area contributed by atoms with Gasteiger partial charge >= 0.3 is 0 Å². The molecule has 0 bridgehead atoms. The van der Waals surface area contributed by atoms with E-state index in [1.807, 2.05) is 0 Å². The molecule has 168 valence electrons. The van der Waals surface area contributed by atoms with Crippen molar-refractivity contribution in [2.75, 3.05) is 18.5 Å². The molecule has 3 aromatic carbocycles. The third-order valence-electron chi connectivity index (χ3n) is 4.97. The van der Waals surface area contributed by atoms with Crippen molar-refractivity contribution >= 4 is 21.6 Å². The number of rotatable bonds is 7. The van der Waals surface area contributed by atoms with Crippen LogP contribution in [0, 0.1) is 11.6 Å². The van der Waals surface area contributed by atoms with Gasteiger partial charge in [-0.25, -0.2) is 17.2 Å². The van der Waals surface area contributed by atoms with Crippen LogP contribution in [-0.4, -0.2) is 28.5 Å². The number of hydrogen-bond acceptors (Lipinski definition) is 4. The van der Waals surface area contributed by atoms with Crippen molar-refractivity contribution in [3.63, 3.8) is 0 Å². The van der Waals surface area contributed by atoms with E-state index >= 15 is 0 Å². The molecular weight excluding hydrogens is 438 g/mol. The Morgan fingerprint density at radius 1 is 1.03 bits per heavy atom. The van der Waals surface area contributed by atoms with Crippen molar-refractivity contribution < 1.29 is 26.7 Å². The van der Waals surface area contributed by atoms with Gasteiger partial charge in [0.25, 0.3) is 15.9 Å². The highest BCUT2D eigenvalue weighted by molar-refractivity contribution is 7.92. The number of amides is 1. The Bertz CT molecular complexity index is 1230. The average molecular weight is 461 g/mol. The molecule has 32 heavy (non-hydrogen) atoms. The van der Waals surface area contributed by atoms with E-state index in [1.165, 1.54) is 44.5 Å². The molecule has 3 rings (SSSR count). The molecule has 0 saturated heterocycles. The van der Waals surface area contributed by atoms with Crippen LogP contribution >= 0.6 is 0 Å². The summed E-state index contributed by atoms with van der Waals surface area (Å²) in [7, 11) is -1.03. The van der Waals surface area contributed by atoms with Gasteiger partial charge in [0.2, 0.25) is 0 Å². The van der Waals surface area contributed by atoms with Crippen LogP contribution in [0.4, 0.5) is 14.5 Å². The first-order valence-corrected chi connectivity index (χ1v) is 11.1. The van der Waals surface area contributed by atoms with Crippen molar-refractivity contribution in [3.05, 3.63) is 89.5 Å². The molecule has 0 fully saturated rings. The Hall–Kier alpha value is -3.46. The number of carbonyl (C=O) groups excluding carboxylic acids is 1. The molecule has 9 heteroatoms. The van der Waals surface area contributed by atoms with E-state index in [4.69, 9.17) is 4.74 Å². The fourth-order valence-corrected chi connectivity index (χ4v) is 4.34. The van der Waals surface area contributed by atoms with Gasteiger partial charge in [-0.3, -0.25) is 9.10 Å². The van der Waals surface area contributed by atoms with Gasteiger partial charge in [-0.05, 0) is 55.5 Å². The van der Waals surface area contributed by atoms with Gasteiger partial charge in [-0.15, -0.1) is 0 Å². The highest BCUT2D eigenvalue weighted by Crippen LogP contribution is 2.25. The Kier molecular flexibility index (Phi) is 6.78. The van der Waals surface area contributed by atoms with Crippen LogP contribution in [0.3, 0.4) is 0 Å². The van der Waals surface area contributed by atoms with E-state index in [0.29, 0.717) is 11.4 Å². The second kappa shape index (κ2) is 9.35. The number of methoxy groups -OCH3 is 1. The van der Waals surface area contributed by atoms with E-state index < -0.39 is 33.6 Å². The Labute approximate surface area is 185 Å². The van der Waals surface area contributed by atoms with E-state index in [-0.39, 0.29) is 16.0 Å². The minimum Gasteiger partial charge on any atom is -0.497 e. The SMILES string of the molecule is COc1ccc(N(C)S(=O)(=O)c2cccc(C(=O)N[C@@H](C)c3ccc(F)cc3F)c2)cc1. The fourth-order valence-electron chi connectivity index (χ4n) is 3.10. The summed E-state index contributed by atoms with van der Waals surface area (Å²) in [5.74, 6) is -1.51. The third kappa shape index (κ3) is 4.88. The molecule has 0 aromatic heterocycles. The van der Waals surface area contributed by atoms with Crippen LogP contribution in [0.25, 0.3) is 0 Å². The lowest BCUT2D eigenvalue weighted by atomic mass is 10.1. The van der Waals surface area contributed by atoms with Gasteiger partial charge in [-0.1, -0.05) is 12.1 Å². The summed E-state index contributed by atoms with van der Waals surface area (Å²) in [5, 5.41) is 2.60. The van der Waals surface area contributed by atoms with Crippen molar-refractivity contribution in [1.82, 2.24) is 5.32 Å². The van der Waals surface area contributed by atoms with Crippen LogP contribution in [0.2, 0.25) is 0 Å². The van der Waals surface area contributed by atoms with Gasteiger partial charge in [0.15, 0.2) is 0 Å². The topological polar surface area (TPSA) is 75.7 Å². The lowest BCUT2D eigenvalue weighted by molar-refractivity contribution is 0.0939. The summed E-state index contributed by atoms with van der Waals surface area (Å²) < 4.78 is 59.4. The maximum Gasteiger partial charge on any atom is 0.264 e. The molecule has 0 heterocycles. The minimum absolute atomic E-state index is 0.0796. The first kappa shape index (κ1) is 23.2. The van der Waals surface area contributed by atoms with Crippen LogP contribution in [-0.2, 0) is 10.0 Å². The lowest BCUT2D eigenvalue weighted by Crippen LogP contribution is -2.29. The second-order valence-corrected chi connectivity index (χ2v) is 9.03. The number of hydrogen-bond donors (Lipinski definition) is 1. The average Bonchev–Trinajstić information content (AvgIpc) is 2.78. The predicted molar refractivity (Wildman–Crippen MR) is 117 cm³/mol. The number of ether oxygens (including phenoxy) is 1. The fraction of sp³-hybridized carbons (Fsp3) is 0.174. The van der Waals surface area contributed by atoms with Gasteiger partial charge in [-0.2, -0.15) is 0 Å². The zero-order valence-electron chi connectivity index (χ0n) is 17.7. The van der Waals surface area contributed by atoms with Gasteiger partial charge in [0.05, 0.1) is 23.7 Å². The zero-order chi connectivity index (χ0) is 23.5. The van der Waals surface area contributed by atoms with Crippen molar-refractivity contribution in [2.24, 2.45) is 0 Å². The monoisotopic (exact) mass is 460 g/mol. The quantitative estimate of drug-likeness (QED) is 0.571. The Balaban J connectivity index is 1.82. The molecule has 0 aliphatic carbocycles. The van der Waals surface area contributed by atoms with E-state index in [2.05, 4.69) is 5.32 Å². The molecule has 3 aromatic rings. The standard InChI is InChI=1S/C23H22F2N2O4S/c1-15(21-12-7-17(24)14-22(21)25)26-23(28)16-5-4-6-20(13-16)32(29,30)27(2)18-8-10-19(31-3)11-9-18/h4-15H,1-3H3,(H,26,28)/t15-/m0/s1. The van der Waals surface area contributed by atoms with Crippen LogP contribution in [0.15, 0.2) is 71.6 Å². The summed E-state index contributed by atoms with van der Waals surface area (Å²) in [6.07, 6.45) is 0. The largest absolute Gasteiger partial charge is 0.497 e. The number of nitrogens with zero attached hydrogens (tertiary/aromatic N) is 1. The molecular formula is C23H22F2N2O4S. The second-order valence-electron chi connectivity index (χ2n) is 7.06. The van der Waals surface area contributed by atoms with Crippen LogP contribution in [0.5, 0.6) is 5.75 Å². The molecule has 1 N–H and O–H groups in total. The zero-order valence-corrected chi connectivity index (χ0v) is 18.5. The molecule has 0 radical (unpaired) electrons. The summed E-state index contributed by atoms with van der Waals surface area (Å²) >= 11 is 0. The lowest BCUT2D eigenvalue weighted by Gasteiger charge is -2.20. The number of benzene rings is 3. The molecule has 6 nitrogen and oxygen atoms in total. The van der Waals surface area contributed by atoms with E-state index in [0.717, 1.165) is 16.4 Å². The van der Waals surface area contributed by atoms with Crippen LogP contribution < -0.4 is 14.4 Å². The van der Waals surface area contributed by atoms with Crippen LogP contribution in [0.1, 0.15) is 28.9 Å². The van der Waals surface area contributed by atoms with E-state index in [1.54, 1.807) is 31.2 Å². The highest BCUT2D eigenvalue weighted by atomic mass is 32.2. The number of nitrogens with one attached hydrogen (secondary N) is 1. The first-order valence-electron chi connectivity index (χ1n) is 9.62. The summed E-state index contributed by atoms with van der Waals surface area (Å²) in [6.45, 7) is 1.55. The van der Waals surface area contributed by atoms with Gasteiger partial charge < -0.3 is 10.1 Å². The molecule has 1 atom stereocenters. The number of carbonyl (C=O) groups is 1. The number of halogens is 2. The van der Waals surface area contributed by atoms with Gasteiger partial charge in [0, 0.05) is 24.2 Å². The maximum absolute atomic E-state index is 14.0. The normalized spacial score (nSPS) is 12.2. The molecule has 0 saturated carbocycles. The van der Waals surface area contributed by atoms with Crippen molar-refractivity contribution in [3.8, 4) is 5.75 Å². The Morgan fingerprint density at radius 2 is 1.72 bits per heavy atom. The number of anilines is 1. The van der Waals surface area contributed by atoms with Crippen molar-refractivity contribution in [1.29, 1.82) is 0 Å². The molecule has 0 aliphatic rings. The molecule has 0 aliphatic heterocycles. The summed E-state index contributed by atoms with van der Waals surface area (Å²) in [4.78, 5) is 12.6. The number of sulfonamides is 1. The first-order chi connectivity index (χ1) is 15.1. The van der Waals surface area contributed by atoms with E-state index in [9.17, 15) is 22.0 Å². The Morgan fingerprint density at radius 3 is 2.34 bits per heavy atom. The molecule has 0 spiro atoms. The third-order valence-corrected chi connectivity index (χ3v) is 6.75. The molecule has 0 unspecified atom stereocenters. The minimum atomic E-state index is -3.95. The molecule has 1 amide bonds. The smallest absolute Gasteiger partial charge is 0.264 e. The summed E-state index contributed by atoms with van der Waals surface area (Å²) in [6, 6.07) is 14.4. The van der Waals surface area contributed by atoms with Gasteiger partial charge in [0.1, 0.15) is 17.4 Å². The maximum atomic E-state index is 14.0.